The normalized spacial score (nSPS) is 15.5. The molecule has 2 aromatic heterocycles. The number of hydrogen-bond donors (Lipinski definition) is 0. The molecule has 1 saturated heterocycles. The first-order chi connectivity index (χ1) is 14.7. The summed E-state index contributed by atoms with van der Waals surface area (Å²) in [4.78, 5) is 15.7. The summed E-state index contributed by atoms with van der Waals surface area (Å²) in [5.41, 5.74) is 6.44. The van der Waals surface area contributed by atoms with Crippen LogP contribution < -0.4 is 4.90 Å². The highest BCUT2D eigenvalue weighted by Gasteiger charge is 2.33. The van der Waals surface area contributed by atoms with Gasteiger partial charge in [-0.25, -0.2) is 23.4 Å². The topological polar surface area (TPSA) is 76.1 Å². The SMILES string of the molecule is Cc1cc(C)c(-c2csc(N3CCC(S(=O)(=O)c4cnc(C)nc4C)CC3)n2)c(C)c1. The van der Waals surface area contributed by atoms with Crippen molar-refractivity contribution in [2.45, 2.75) is 57.6 Å². The van der Waals surface area contributed by atoms with Crippen molar-refractivity contribution >= 4 is 26.3 Å². The van der Waals surface area contributed by atoms with Gasteiger partial charge in [0.25, 0.3) is 0 Å². The molecule has 0 unspecified atom stereocenters. The molecule has 0 bridgehead atoms. The Kier molecular flexibility index (Phi) is 5.87. The molecule has 1 fully saturated rings. The number of aryl methyl sites for hydroxylation is 5. The standard InChI is InChI=1S/C23H28N4O2S2/c1-14-10-15(2)22(16(3)11-14)20-13-30-23(26-20)27-8-6-19(7-9-27)31(28,29)21-12-24-18(5)25-17(21)4/h10-13,19H,6-9H2,1-5H3. The van der Waals surface area contributed by atoms with Gasteiger partial charge in [0.05, 0.1) is 16.6 Å². The highest BCUT2D eigenvalue weighted by atomic mass is 32.2. The number of piperidine rings is 1. The van der Waals surface area contributed by atoms with Crippen LogP contribution in [0.1, 0.15) is 41.1 Å². The van der Waals surface area contributed by atoms with Crippen molar-refractivity contribution < 1.29 is 8.42 Å². The van der Waals surface area contributed by atoms with Crippen LogP contribution in [0.4, 0.5) is 5.13 Å². The summed E-state index contributed by atoms with van der Waals surface area (Å²) >= 11 is 1.63. The maximum absolute atomic E-state index is 13.1. The average Bonchev–Trinajstić information content (AvgIpc) is 3.16. The Morgan fingerprint density at radius 2 is 1.65 bits per heavy atom. The molecule has 0 amide bonds. The molecule has 3 aromatic rings. The predicted molar refractivity (Wildman–Crippen MR) is 126 cm³/mol. The lowest BCUT2D eigenvalue weighted by molar-refractivity contribution is 0.528. The summed E-state index contributed by atoms with van der Waals surface area (Å²) in [5.74, 6) is 0.588. The van der Waals surface area contributed by atoms with Crippen molar-refractivity contribution in [1.82, 2.24) is 15.0 Å². The molecule has 0 spiro atoms. The molecular formula is C23H28N4O2S2. The molecule has 1 aliphatic rings. The zero-order chi connectivity index (χ0) is 22.3. The molecule has 164 valence electrons. The third kappa shape index (κ3) is 4.23. The summed E-state index contributed by atoms with van der Waals surface area (Å²) in [6.07, 6.45) is 2.61. The van der Waals surface area contributed by atoms with Gasteiger partial charge in [-0.3, -0.25) is 0 Å². The zero-order valence-corrected chi connectivity index (χ0v) is 20.3. The number of thiazole rings is 1. The largest absolute Gasteiger partial charge is 0.348 e. The number of benzene rings is 1. The van der Waals surface area contributed by atoms with E-state index in [-0.39, 0.29) is 4.90 Å². The number of rotatable bonds is 4. The highest BCUT2D eigenvalue weighted by Crippen LogP contribution is 2.34. The lowest BCUT2D eigenvalue weighted by Gasteiger charge is -2.31. The lowest BCUT2D eigenvalue weighted by Crippen LogP contribution is -2.39. The third-order valence-electron chi connectivity index (χ3n) is 5.94. The van der Waals surface area contributed by atoms with Gasteiger partial charge in [0.15, 0.2) is 15.0 Å². The van der Waals surface area contributed by atoms with E-state index in [2.05, 4.69) is 53.2 Å². The van der Waals surface area contributed by atoms with Crippen LogP contribution in [-0.2, 0) is 9.84 Å². The first-order valence-electron chi connectivity index (χ1n) is 10.5. The number of sulfone groups is 1. The van der Waals surface area contributed by atoms with Gasteiger partial charge >= 0.3 is 0 Å². The van der Waals surface area contributed by atoms with Crippen molar-refractivity contribution in [3.05, 3.63) is 51.9 Å². The minimum absolute atomic E-state index is 0.262. The number of anilines is 1. The van der Waals surface area contributed by atoms with E-state index in [0.29, 0.717) is 37.4 Å². The average molecular weight is 457 g/mol. The molecule has 0 atom stereocenters. The van der Waals surface area contributed by atoms with Gasteiger partial charge in [-0.15, -0.1) is 11.3 Å². The van der Waals surface area contributed by atoms with Crippen LogP contribution in [0, 0.1) is 34.6 Å². The van der Waals surface area contributed by atoms with E-state index in [0.717, 1.165) is 10.8 Å². The van der Waals surface area contributed by atoms with Crippen molar-refractivity contribution in [3.8, 4) is 11.3 Å². The van der Waals surface area contributed by atoms with Crippen LogP contribution in [-0.4, -0.2) is 41.7 Å². The van der Waals surface area contributed by atoms with Crippen LogP contribution in [0.3, 0.4) is 0 Å². The van der Waals surface area contributed by atoms with Gasteiger partial charge in [-0.1, -0.05) is 17.7 Å². The molecule has 8 heteroatoms. The molecule has 0 radical (unpaired) electrons. The van der Waals surface area contributed by atoms with Gasteiger partial charge in [0.2, 0.25) is 0 Å². The van der Waals surface area contributed by atoms with Crippen LogP contribution in [0.15, 0.2) is 28.6 Å². The van der Waals surface area contributed by atoms with Crippen LogP contribution >= 0.6 is 11.3 Å². The summed E-state index contributed by atoms with van der Waals surface area (Å²) in [5, 5.41) is 2.66. The molecule has 6 nitrogen and oxygen atoms in total. The second kappa shape index (κ2) is 8.31. The molecule has 3 heterocycles. The van der Waals surface area contributed by atoms with E-state index in [1.54, 1.807) is 25.2 Å². The van der Waals surface area contributed by atoms with Crippen molar-refractivity contribution in [2.75, 3.05) is 18.0 Å². The number of aromatic nitrogens is 3. The zero-order valence-electron chi connectivity index (χ0n) is 18.6. The summed E-state index contributed by atoms with van der Waals surface area (Å²) in [6.45, 7) is 11.2. The van der Waals surface area contributed by atoms with Crippen LogP contribution in [0.25, 0.3) is 11.3 Å². The molecule has 0 N–H and O–H groups in total. The summed E-state index contributed by atoms with van der Waals surface area (Å²) in [6, 6.07) is 4.38. The molecule has 0 aliphatic carbocycles. The third-order valence-corrected chi connectivity index (χ3v) is 9.20. The lowest BCUT2D eigenvalue weighted by atomic mass is 9.98. The van der Waals surface area contributed by atoms with E-state index in [1.807, 2.05) is 0 Å². The van der Waals surface area contributed by atoms with Crippen molar-refractivity contribution in [1.29, 1.82) is 0 Å². The monoisotopic (exact) mass is 456 g/mol. The maximum atomic E-state index is 13.1. The van der Waals surface area contributed by atoms with Gasteiger partial charge < -0.3 is 4.90 Å². The first kappa shape index (κ1) is 21.9. The minimum atomic E-state index is -3.44. The fourth-order valence-corrected chi connectivity index (χ4v) is 7.21. The maximum Gasteiger partial charge on any atom is 0.185 e. The Bertz CT molecular complexity index is 1200. The second-order valence-corrected chi connectivity index (χ2v) is 11.4. The van der Waals surface area contributed by atoms with Gasteiger partial charge in [0, 0.05) is 30.2 Å². The van der Waals surface area contributed by atoms with E-state index in [9.17, 15) is 8.42 Å². The second-order valence-electron chi connectivity index (χ2n) is 8.39. The number of hydrogen-bond acceptors (Lipinski definition) is 7. The minimum Gasteiger partial charge on any atom is -0.348 e. The molecule has 0 saturated carbocycles. The Morgan fingerprint density at radius 3 is 2.26 bits per heavy atom. The summed E-state index contributed by atoms with van der Waals surface area (Å²) in [7, 11) is -3.44. The van der Waals surface area contributed by atoms with Gasteiger partial charge in [0.1, 0.15) is 10.7 Å². The van der Waals surface area contributed by atoms with Crippen molar-refractivity contribution in [2.24, 2.45) is 0 Å². The Labute approximate surface area is 188 Å². The highest BCUT2D eigenvalue weighted by molar-refractivity contribution is 7.92. The van der Waals surface area contributed by atoms with E-state index < -0.39 is 15.1 Å². The smallest absolute Gasteiger partial charge is 0.185 e. The molecule has 1 aromatic carbocycles. The number of nitrogens with zero attached hydrogens (tertiary/aromatic N) is 4. The molecule has 4 rings (SSSR count). The quantitative estimate of drug-likeness (QED) is 0.572. The fraction of sp³-hybridized carbons (Fsp3) is 0.435. The predicted octanol–water partition coefficient (Wildman–Crippen LogP) is 4.58. The Hall–Kier alpha value is -2.32. The summed E-state index contributed by atoms with van der Waals surface area (Å²) < 4.78 is 26.3. The van der Waals surface area contributed by atoms with E-state index in [1.165, 1.54) is 28.5 Å². The van der Waals surface area contributed by atoms with Crippen LogP contribution in [0.5, 0.6) is 0 Å². The van der Waals surface area contributed by atoms with E-state index in [4.69, 9.17) is 4.98 Å². The fourth-order valence-electron chi connectivity index (χ4n) is 4.50. The van der Waals surface area contributed by atoms with Gasteiger partial charge in [-0.2, -0.15) is 0 Å². The molecule has 31 heavy (non-hydrogen) atoms. The molecule has 1 aliphatic heterocycles. The van der Waals surface area contributed by atoms with Crippen molar-refractivity contribution in [3.63, 3.8) is 0 Å². The first-order valence-corrected chi connectivity index (χ1v) is 12.9. The van der Waals surface area contributed by atoms with Crippen LogP contribution in [0.2, 0.25) is 0 Å². The molecular weight excluding hydrogens is 428 g/mol. The van der Waals surface area contributed by atoms with E-state index >= 15 is 0 Å². The Balaban J connectivity index is 1.50. The Morgan fingerprint density at radius 1 is 1.00 bits per heavy atom. The van der Waals surface area contributed by atoms with Gasteiger partial charge in [-0.05, 0) is 58.6 Å².